The Balaban J connectivity index is 1.73. The van der Waals surface area contributed by atoms with Crippen LogP contribution in [0.15, 0.2) is 48.7 Å². The molecule has 1 heterocycles. The van der Waals surface area contributed by atoms with Gasteiger partial charge in [0.2, 0.25) is 5.91 Å². The molecule has 0 spiro atoms. The van der Waals surface area contributed by atoms with Crippen molar-refractivity contribution in [3.8, 4) is 0 Å². The fourth-order valence-electron chi connectivity index (χ4n) is 1.42. The summed E-state index contributed by atoms with van der Waals surface area (Å²) >= 11 is 0. The van der Waals surface area contributed by atoms with Crippen molar-refractivity contribution in [2.45, 2.75) is 6.54 Å². The Labute approximate surface area is 105 Å². The maximum Gasteiger partial charge on any atom is 0.239 e. The summed E-state index contributed by atoms with van der Waals surface area (Å²) in [7, 11) is 0. The van der Waals surface area contributed by atoms with Gasteiger partial charge in [-0.15, -0.1) is 0 Å². The van der Waals surface area contributed by atoms with Crippen molar-refractivity contribution in [1.29, 1.82) is 0 Å². The lowest BCUT2D eigenvalue weighted by Gasteiger charge is -2.06. The third-order valence-corrected chi connectivity index (χ3v) is 2.32. The van der Waals surface area contributed by atoms with Gasteiger partial charge in [-0.05, 0) is 24.3 Å². The number of benzene rings is 1. The van der Waals surface area contributed by atoms with Crippen LogP contribution in [0.4, 0.5) is 5.69 Å². The number of para-hydroxylation sites is 1. The van der Waals surface area contributed by atoms with E-state index in [2.05, 4.69) is 20.8 Å². The molecule has 0 saturated carbocycles. The second kappa shape index (κ2) is 6.34. The average molecular weight is 242 g/mol. The van der Waals surface area contributed by atoms with E-state index in [1.54, 1.807) is 12.3 Å². The highest BCUT2D eigenvalue weighted by molar-refractivity contribution is 5.80. The molecule has 1 aromatic heterocycles. The van der Waals surface area contributed by atoms with Crippen molar-refractivity contribution in [3.63, 3.8) is 0 Å². The van der Waals surface area contributed by atoms with Crippen LogP contribution in [0.2, 0.25) is 0 Å². The number of amides is 1. The molecule has 0 radical (unpaired) electrons. The zero-order valence-electron chi connectivity index (χ0n) is 9.84. The first-order valence-corrected chi connectivity index (χ1v) is 5.67. The van der Waals surface area contributed by atoms with Crippen molar-refractivity contribution in [3.05, 3.63) is 54.4 Å². The van der Waals surface area contributed by atoms with E-state index >= 15 is 0 Å². The van der Waals surface area contributed by atoms with Gasteiger partial charge in [0, 0.05) is 11.9 Å². The van der Waals surface area contributed by atoms with Crippen molar-refractivity contribution in [1.82, 2.24) is 15.5 Å². The van der Waals surface area contributed by atoms with E-state index in [9.17, 15) is 4.79 Å². The van der Waals surface area contributed by atoms with Crippen molar-refractivity contribution in [2.24, 2.45) is 0 Å². The van der Waals surface area contributed by atoms with Crippen LogP contribution < -0.4 is 10.6 Å². The predicted molar refractivity (Wildman–Crippen MR) is 68.8 cm³/mol. The number of carbonyl (C=O) groups excluding carboxylic acids is 1. The topological polar surface area (TPSA) is 66.9 Å². The summed E-state index contributed by atoms with van der Waals surface area (Å²) in [4.78, 5) is 11.6. The number of nitrogens with zero attached hydrogens (tertiary/aromatic N) is 2. The van der Waals surface area contributed by atoms with Gasteiger partial charge in [0.1, 0.15) is 0 Å². The Morgan fingerprint density at radius 3 is 2.67 bits per heavy atom. The third kappa shape index (κ3) is 3.86. The first kappa shape index (κ1) is 12.0. The van der Waals surface area contributed by atoms with Gasteiger partial charge in [-0.1, -0.05) is 18.2 Å². The van der Waals surface area contributed by atoms with Gasteiger partial charge >= 0.3 is 0 Å². The maximum absolute atomic E-state index is 11.6. The fourth-order valence-corrected chi connectivity index (χ4v) is 1.42. The number of hydrogen-bond acceptors (Lipinski definition) is 4. The van der Waals surface area contributed by atoms with E-state index in [0.717, 1.165) is 11.4 Å². The minimum Gasteiger partial charge on any atom is -0.376 e. The van der Waals surface area contributed by atoms with Crippen LogP contribution in [0, 0.1) is 0 Å². The lowest BCUT2D eigenvalue weighted by molar-refractivity contribution is -0.119. The molecule has 2 aromatic rings. The SMILES string of the molecule is O=C(CNc1ccccc1)NCc1cccnn1. The number of rotatable bonds is 5. The molecule has 0 fully saturated rings. The Morgan fingerprint density at radius 1 is 1.11 bits per heavy atom. The highest BCUT2D eigenvalue weighted by Crippen LogP contribution is 2.03. The number of aromatic nitrogens is 2. The smallest absolute Gasteiger partial charge is 0.239 e. The summed E-state index contributed by atoms with van der Waals surface area (Å²) in [5.41, 5.74) is 1.66. The summed E-state index contributed by atoms with van der Waals surface area (Å²) < 4.78 is 0. The van der Waals surface area contributed by atoms with Crippen LogP contribution in [0.5, 0.6) is 0 Å². The molecule has 1 aromatic carbocycles. The summed E-state index contributed by atoms with van der Waals surface area (Å²) in [6.07, 6.45) is 1.60. The Kier molecular flexibility index (Phi) is 4.24. The molecule has 0 unspecified atom stereocenters. The molecule has 18 heavy (non-hydrogen) atoms. The van der Waals surface area contributed by atoms with Gasteiger partial charge in [0.15, 0.2) is 0 Å². The number of hydrogen-bond donors (Lipinski definition) is 2. The number of carbonyl (C=O) groups is 1. The fraction of sp³-hybridized carbons (Fsp3) is 0.154. The van der Waals surface area contributed by atoms with E-state index in [0.29, 0.717) is 6.54 Å². The average Bonchev–Trinajstić information content (AvgIpc) is 2.45. The molecule has 0 aliphatic carbocycles. The summed E-state index contributed by atoms with van der Waals surface area (Å²) in [5.74, 6) is -0.0792. The van der Waals surface area contributed by atoms with Crippen LogP contribution >= 0.6 is 0 Å². The molecule has 5 heteroatoms. The largest absolute Gasteiger partial charge is 0.376 e. The number of anilines is 1. The van der Waals surface area contributed by atoms with Crippen LogP contribution in [-0.4, -0.2) is 22.6 Å². The second-order valence-corrected chi connectivity index (χ2v) is 3.71. The van der Waals surface area contributed by atoms with Crippen molar-refractivity contribution >= 4 is 11.6 Å². The monoisotopic (exact) mass is 242 g/mol. The van der Waals surface area contributed by atoms with Gasteiger partial charge in [-0.25, -0.2) is 0 Å². The molecule has 0 atom stereocenters. The summed E-state index contributed by atoms with van der Waals surface area (Å²) in [6, 6.07) is 13.2. The standard InChI is InChI=1S/C13H14N4O/c18-13(10-14-11-5-2-1-3-6-11)15-9-12-7-4-8-16-17-12/h1-8,14H,9-10H2,(H,15,18). The predicted octanol–water partition coefficient (Wildman–Crippen LogP) is 1.20. The first-order valence-electron chi connectivity index (χ1n) is 5.67. The highest BCUT2D eigenvalue weighted by Gasteiger charge is 2.01. The molecule has 0 bridgehead atoms. The molecule has 92 valence electrons. The molecule has 2 N–H and O–H groups in total. The van der Waals surface area contributed by atoms with Gasteiger partial charge in [0.05, 0.1) is 18.8 Å². The third-order valence-electron chi connectivity index (χ3n) is 2.32. The zero-order chi connectivity index (χ0) is 12.6. The normalized spacial score (nSPS) is 9.78. The van der Waals surface area contributed by atoms with Gasteiger partial charge < -0.3 is 10.6 Å². The van der Waals surface area contributed by atoms with E-state index in [1.807, 2.05) is 36.4 Å². The summed E-state index contributed by atoms with van der Waals surface area (Å²) in [5, 5.41) is 13.4. The van der Waals surface area contributed by atoms with E-state index < -0.39 is 0 Å². The van der Waals surface area contributed by atoms with Gasteiger partial charge in [-0.2, -0.15) is 10.2 Å². The Morgan fingerprint density at radius 2 is 1.94 bits per heavy atom. The van der Waals surface area contributed by atoms with Gasteiger partial charge in [-0.3, -0.25) is 4.79 Å². The lowest BCUT2D eigenvalue weighted by Crippen LogP contribution is -2.29. The molecular weight excluding hydrogens is 228 g/mol. The first-order chi connectivity index (χ1) is 8.84. The van der Waals surface area contributed by atoms with Crippen molar-refractivity contribution in [2.75, 3.05) is 11.9 Å². The molecule has 5 nitrogen and oxygen atoms in total. The zero-order valence-corrected chi connectivity index (χ0v) is 9.84. The Bertz CT molecular complexity index is 441. The minimum atomic E-state index is -0.0792. The minimum absolute atomic E-state index is 0.0792. The van der Waals surface area contributed by atoms with Crippen LogP contribution in [0.3, 0.4) is 0 Å². The molecule has 0 aliphatic rings. The van der Waals surface area contributed by atoms with E-state index in [1.165, 1.54) is 0 Å². The molecular formula is C13H14N4O. The molecule has 1 amide bonds. The van der Waals surface area contributed by atoms with E-state index in [-0.39, 0.29) is 12.5 Å². The van der Waals surface area contributed by atoms with Gasteiger partial charge in [0.25, 0.3) is 0 Å². The maximum atomic E-state index is 11.6. The van der Waals surface area contributed by atoms with Crippen LogP contribution in [0.25, 0.3) is 0 Å². The lowest BCUT2D eigenvalue weighted by atomic mass is 10.3. The molecule has 0 saturated heterocycles. The second-order valence-electron chi connectivity index (χ2n) is 3.71. The van der Waals surface area contributed by atoms with Crippen LogP contribution in [0.1, 0.15) is 5.69 Å². The van der Waals surface area contributed by atoms with Crippen LogP contribution in [-0.2, 0) is 11.3 Å². The molecule has 2 rings (SSSR count). The van der Waals surface area contributed by atoms with E-state index in [4.69, 9.17) is 0 Å². The summed E-state index contributed by atoms with van der Waals surface area (Å²) in [6.45, 7) is 0.632. The Hall–Kier alpha value is -2.43. The quantitative estimate of drug-likeness (QED) is 0.827. The molecule has 0 aliphatic heterocycles. The highest BCUT2D eigenvalue weighted by atomic mass is 16.1. The van der Waals surface area contributed by atoms with Crippen molar-refractivity contribution < 1.29 is 4.79 Å². The number of nitrogens with one attached hydrogen (secondary N) is 2.